The molecule has 16 heavy (non-hydrogen) atoms. The summed E-state index contributed by atoms with van der Waals surface area (Å²) >= 11 is 0. The number of hydrogen-bond donors (Lipinski definition) is 3. The SMILES string of the molecule is CN=C1NC(NC)(NC)Cc2ccccc21. The Hall–Kier alpha value is -1.39. The Balaban J connectivity index is 2.47. The average Bonchev–Trinajstić information content (AvgIpc) is 2.37. The van der Waals surface area contributed by atoms with Gasteiger partial charge in [-0.1, -0.05) is 24.3 Å². The summed E-state index contributed by atoms with van der Waals surface area (Å²) in [6.07, 6.45) is 0.884. The molecule has 0 aromatic heterocycles. The first-order chi connectivity index (χ1) is 7.74. The number of nitrogens with zero attached hydrogens (tertiary/aromatic N) is 1. The van der Waals surface area contributed by atoms with Crippen molar-refractivity contribution in [3.63, 3.8) is 0 Å². The van der Waals surface area contributed by atoms with Crippen molar-refractivity contribution in [3.05, 3.63) is 35.4 Å². The number of hydrogen-bond acceptors (Lipinski definition) is 3. The van der Waals surface area contributed by atoms with Crippen molar-refractivity contribution in [1.82, 2.24) is 16.0 Å². The van der Waals surface area contributed by atoms with Crippen LogP contribution < -0.4 is 16.0 Å². The normalized spacial score (nSPS) is 20.3. The third-order valence-electron chi connectivity index (χ3n) is 3.14. The molecule has 0 saturated heterocycles. The fraction of sp³-hybridized carbons (Fsp3) is 0.417. The minimum atomic E-state index is -0.302. The highest BCUT2D eigenvalue weighted by Gasteiger charge is 2.33. The molecule has 0 bridgehead atoms. The quantitative estimate of drug-likeness (QED) is 0.626. The lowest BCUT2D eigenvalue weighted by Crippen LogP contribution is -2.69. The van der Waals surface area contributed by atoms with Crippen LogP contribution in [0.4, 0.5) is 0 Å². The zero-order valence-electron chi connectivity index (χ0n) is 9.96. The van der Waals surface area contributed by atoms with Gasteiger partial charge in [-0.15, -0.1) is 0 Å². The summed E-state index contributed by atoms with van der Waals surface area (Å²) in [4.78, 5) is 4.31. The molecule has 0 unspecified atom stereocenters. The van der Waals surface area contributed by atoms with Gasteiger partial charge < -0.3 is 5.32 Å². The van der Waals surface area contributed by atoms with E-state index in [0.29, 0.717) is 0 Å². The lowest BCUT2D eigenvalue weighted by molar-refractivity contribution is 0.261. The summed E-state index contributed by atoms with van der Waals surface area (Å²) in [5.41, 5.74) is 2.48. The predicted octanol–water partition coefficient (Wildman–Crippen LogP) is 0.301. The molecule has 4 heteroatoms. The minimum Gasteiger partial charge on any atom is -0.339 e. The van der Waals surface area contributed by atoms with Gasteiger partial charge in [-0.05, 0) is 19.7 Å². The van der Waals surface area contributed by atoms with Gasteiger partial charge in [0.05, 0.1) is 0 Å². The van der Waals surface area contributed by atoms with Gasteiger partial charge in [0.25, 0.3) is 0 Å². The Morgan fingerprint density at radius 2 is 1.94 bits per heavy atom. The second-order valence-corrected chi connectivity index (χ2v) is 3.94. The van der Waals surface area contributed by atoms with Crippen LogP contribution in [0.15, 0.2) is 29.3 Å². The summed E-state index contributed by atoms with van der Waals surface area (Å²) < 4.78 is 0. The Labute approximate surface area is 96.2 Å². The van der Waals surface area contributed by atoms with Gasteiger partial charge in [0.2, 0.25) is 0 Å². The number of rotatable bonds is 2. The Morgan fingerprint density at radius 1 is 1.25 bits per heavy atom. The van der Waals surface area contributed by atoms with E-state index in [2.05, 4.69) is 39.1 Å². The molecule has 0 atom stereocenters. The highest BCUT2D eigenvalue weighted by atomic mass is 15.4. The van der Waals surface area contributed by atoms with Gasteiger partial charge in [-0.25, -0.2) is 0 Å². The van der Waals surface area contributed by atoms with E-state index in [1.54, 1.807) is 7.05 Å². The Bertz CT molecular complexity index is 407. The molecule has 1 aliphatic rings. The van der Waals surface area contributed by atoms with Crippen LogP contribution in [-0.4, -0.2) is 32.8 Å². The molecule has 0 saturated carbocycles. The summed E-state index contributed by atoms with van der Waals surface area (Å²) in [5.74, 6) is 0.619. The van der Waals surface area contributed by atoms with E-state index in [4.69, 9.17) is 0 Å². The molecule has 3 N–H and O–H groups in total. The molecule has 0 aliphatic carbocycles. The van der Waals surface area contributed by atoms with Crippen molar-refractivity contribution in [2.24, 2.45) is 4.99 Å². The van der Waals surface area contributed by atoms with Crippen LogP contribution in [0.25, 0.3) is 0 Å². The van der Waals surface area contributed by atoms with Gasteiger partial charge in [0, 0.05) is 19.0 Å². The number of likely N-dealkylation sites (N-methyl/N-ethyl adjacent to an activating group) is 2. The van der Waals surface area contributed by atoms with Gasteiger partial charge >= 0.3 is 0 Å². The van der Waals surface area contributed by atoms with Gasteiger partial charge in [-0.3, -0.25) is 15.6 Å². The van der Waals surface area contributed by atoms with Crippen LogP contribution in [0.2, 0.25) is 0 Å². The highest BCUT2D eigenvalue weighted by Crippen LogP contribution is 2.20. The van der Waals surface area contributed by atoms with Crippen molar-refractivity contribution < 1.29 is 0 Å². The number of aliphatic imine (C=N–C) groups is 1. The van der Waals surface area contributed by atoms with E-state index in [1.807, 2.05) is 20.2 Å². The lowest BCUT2D eigenvalue weighted by atomic mass is 9.95. The molecule has 4 nitrogen and oxygen atoms in total. The van der Waals surface area contributed by atoms with Crippen molar-refractivity contribution in [3.8, 4) is 0 Å². The van der Waals surface area contributed by atoms with Crippen LogP contribution in [0.1, 0.15) is 11.1 Å². The maximum Gasteiger partial charge on any atom is 0.148 e. The Kier molecular flexibility index (Phi) is 2.94. The molecular weight excluding hydrogens is 200 g/mol. The molecule has 2 rings (SSSR count). The lowest BCUT2D eigenvalue weighted by Gasteiger charge is -2.40. The number of benzene rings is 1. The maximum atomic E-state index is 4.31. The van der Waals surface area contributed by atoms with Crippen molar-refractivity contribution in [2.45, 2.75) is 12.2 Å². The first-order valence-corrected chi connectivity index (χ1v) is 5.46. The number of nitrogens with one attached hydrogen (secondary N) is 3. The molecule has 86 valence electrons. The minimum absolute atomic E-state index is 0.302. The fourth-order valence-corrected chi connectivity index (χ4v) is 2.11. The maximum absolute atomic E-state index is 4.31. The molecule has 0 radical (unpaired) electrons. The third kappa shape index (κ3) is 1.70. The first kappa shape index (κ1) is 11.1. The van der Waals surface area contributed by atoms with E-state index in [0.717, 1.165) is 12.3 Å². The summed E-state index contributed by atoms with van der Waals surface area (Å²) in [5, 5.41) is 9.94. The van der Waals surface area contributed by atoms with E-state index in [9.17, 15) is 0 Å². The second kappa shape index (κ2) is 4.23. The van der Waals surface area contributed by atoms with Crippen molar-refractivity contribution in [2.75, 3.05) is 21.1 Å². The molecule has 0 amide bonds. The topological polar surface area (TPSA) is 48.5 Å². The molecule has 0 spiro atoms. The molecule has 1 heterocycles. The molecule has 0 fully saturated rings. The third-order valence-corrected chi connectivity index (χ3v) is 3.14. The van der Waals surface area contributed by atoms with Crippen LogP contribution in [0.5, 0.6) is 0 Å². The van der Waals surface area contributed by atoms with Gasteiger partial charge in [-0.2, -0.15) is 0 Å². The second-order valence-electron chi connectivity index (χ2n) is 3.94. The molecule has 1 aromatic rings. The van der Waals surface area contributed by atoms with Gasteiger partial charge in [0.1, 0.15) is 11.6 Å². The van der Waals surface area contributed by atoms with Crippen LogP contribution in [-0.2, 0) is 6.42 Å². The largest absolute Gasteiger partial charge is 0.339 e. The monoisotopic (exact) mass is 218 g/mol. The van der Waals surface area contributed by atoms with E-state index >= 15 is 0 Å². The average molecular weight is 218 g/mol. The number of fused-ring (bicyclic) bond motifs is 1. The van der Waals surface area contributed by atoms with Crippen LogP contribution >= 0.6 is 0 Å². The summed E-state index contributed by atoms with van der Waals surface area (Å²) in [6.45, 7) is 0. The van der Waals surface area contributed by atoms with Crippen LogP contribution in [0, 0.1) is 0 Å². The van der Waals surface area contributed by atoms with E-state index in [-0.39, 0.29) is 5.79 Å². The van der Waals surface area contributed by atoms with E-state index in [1.165, 1.54) is 11.1 Å². The smallest absolute Gasteiger partial charge is 0.148 e. The highest BCUT2D eigenvalue weighted by molar-refractivity contribution is 6.01. The van der Waals surface area contributed by atoms with Crippen molar-refractivity contribution >= 4 is 5.84 Å². The van der Waals surface area contributed by atoms with Gasteiger partial charge in [0.15, 0.2) is 0 Å². The number of amidine groups is 1. The predicted molar refractivity (Wildman–Crippen MR) is 66.6 cm³/mol. The van der Waals surface area contributed by atoms with Crippen LogP contribution in [0.3, 0.4) is 0 Å². The standard InChI is InChI=1S/C12H18N4/c1-13-11-10-7-5-4-6-9(10)8-12(14-2,15-3)16-11/h4-7,14-15H,8H2,1-3H3,(H,13,16). The summed E-state index contributed by atoms with van der Waals surface area (Å²) in [6, 6.07) is 8.34. The van der Waals surface area contributed by atoms with Crippen molar-refractivity contribution in [1.29, 1.82) is 0 Å². The molecule has 1 aromatic carbocycles. The zero-order chi connectivity index (χ0) is 11.6. The summed E-state index contributed by atoms with van der Waals surface area (Å²) in [7, 11) is 5.68. The fourth-order valence-electron chi connectivity index (χ4n) is 2.11. The first-order valence-electron chi connectivity index (χ1n) is 5.46. The zero-order valence-corrected chi connectivity index (χ0v) is 9.96. The molecular formula is C12H18N4. The Morgan fingerprint density at radius 3 is 2.56 bits per heavy atom. The van der Waals surface area contributed by atoms with E-state index < -0.39 is 0 Å². The molecule has 1 aliphatic heterocycles.